The van der Waals surface area contributed by atoms with E-state index >= 15 is 0 Å². The molecule has 2 amide bonds. The molecule has 7 nitrogen and oxygen atoms in total. The fourth-order valence-corrected chi connectivity index (χ4v) is 2.23. The molecule has 2 aromatic rings. The first-order chi connectivity index (χ1) is 11.5. The summed E-state index contributed by atoms with van der Waals surface area (Å²) >= 11 is 0. The Bertz CT molecular complexity index is 691. The first kappa shape index (κ1) is 16.3. The van der Waals surface area contributed by atoms with Crippen molar-refractivity contribution in [1.82, 2.24) is 15.5 Å². The number of aromatic nitrogens is 2. The molecule has 3 N–H and O–H groups in total. The number of anilines is 2. The third kappa shape index (κ3) is 4.24. The Morgan fingerprint density at radius 2 is 1.92 bits per heavy atom. The van der Waals surface area contributed by atoms with Crippen LogP contribution in [0, 0.1) is 0 Å². The number of hydrogen-bond donors (Lipinski definition) is 3. The number of carbonyl (C=O) groups excluding carboxylic acids is 1. The Labute approximate surface area is 141 Å². The molecule has 0 aliphatic heterocycles. The smallest absolute Gasteiger partial charge is 0.321 e. The maximum atomic E-state index is 11.7. The summed E-state index contributed by atoms with van der Waals surface area (Å²) in [5.74, 6) is 0.915. The Kier molecular flexibility index (Phi) is 4.69. The van der Waals surface area contributed by atoms with E-state index in [2.05, 4.69) is 26.1 Å². The highest BCUT2D eigenvalue weighted by Gasteiger charge is 2.23. The highest BCUT2D eigenvalue weighted by molar-refractivity contribution is 5.89. The molecule has 128 valence electrons. The second kappa shape index (κ2) is 6.90. The summed E-state index contributed by atoms with van der Waals surface area (Å²) in [5, 5.41) is 12.9. The van der Waals surface area contributed by atoms with Gasteiger partial charge in [-0.05, 0) is 37.5 Å². The van der Waals surface area contributed by atoms with Gasteiger partial charge in [-0.15, -0.1) is 0 Å². The van der Waals surface area contributed by atoms with E-state index < -0.39 is 0 Å². The van der Waals surface area contributed by atoms with Gasteiger partial charge in [0.25, 0.3) is 0 Å². The number of urea groups is 1. The van der Waals surface area contributed by atoms with Crippen molar-refractivity contribution in [2.75, 3.05) is 10.6 Å². The van der Waals surface area contributed by atoms with Gasteiger partial charge in [0.05, 0.1) is 6.04 Å². The minimum atomic E-state index is -0.150. The maximum absolute atomic E-state index is 11.7. The first-order valence-corrected chi connectivity index (χ1v) is 8.29. The molecule has 24 heavy (non-hydrogen) atoms. The standard InChI is InChI=1S/C17H23N5O2/c1-10(2)15-21-17(24-22-15)18-11(3)12-4-6-13(7-5-12)19-16(23)20-14-8-9-14/h4-7,10-11,14H,8-9H2,1-3H3,(H,18,21,22)(H2,19,20,23). The second-order valence-electron chi connectivity index (χ2n) is 6.47. The van der Waals surface area contributed by atoms with Crippen molar-refractivity contribution in [3.63, 3.8) is 0 Å². The van der Waals surface area contributed by atoms with Gasteiger partial charge in [-0.1, -0.05) is 31.1 Å². The molecule has 3 rings (SSSR count). The lowest BCUT2D eigenvalue weighted by Crippen LogP contribution is -2.30. The molecule has 7 heteroatoms. The molecular weight excluding hydrogens is 306 g/mol. The number of amides is 2. The fourth-order valence-electron chi connectivity index (χ4n) is 2.23. The van der Waals surface area contributed by atoms with E-state index in [1.807, 2.05) is 45.0 Å². The lowest BCUT2D eigenvalue weighted by Gasteiger charge is -2.13. The van der Waals surface area contributed by atoms with Crippen molar-refractivity contribution in [3.05, 3.63) is 35.7 Å². The van der Waals surface area contributed by atoms with Gasteiger partial charge in [-0.25, -0.2) is 4.79 Å². The van der Waals surface area contributed by atoms with Crippen LogP contribution in [0.1, 0.15) is 57.0 Å². The van der Waals surface area contributed by atoms with Gasteiger partial charge in [0.15, 0.2) is 5.82 Å². The molecule has 1 atom stereocenters. The molecule has 1 unspecified atom stereocenters. The number of nitrogens with one attached hydrogen (secondary N) is 3. The van der Waals surface area contributed by atoms with Crippen molar-refractivity contribution in [2.24, 2.45) is 0 Å². The van der Waals surface area contributed by atoms with E-state index in [-0.39, 0.29) is 18.0 Å². The quantitative estimate of drug-likeness (QED) is 0.752. The Balaban J connectivity index is 1.56. The zero-order chi connectivity index (χ0) is 17.1. The average Bonchev–Trinajstić information content (AvgIpc) is 3.22. The van der Waals surface area contributed by atoms with Gasteiger partial charge in [0, 0.05) is 17.6 Å². The molecule has 0 saturated heterocycles. The van der Waals surface area contributed by atoms with Crippen LogP contribution in [0.4, 0.5) is 16.5 Å². The zero-order valence-corrected chi connectivity index (χ0v) is 14.2. The first-order valence-electron chi connectivity index (χ1n) is 8.29. The van der Waals surface area contributed by atoms with Gasteiger partial charge >= 0.3 is 12.0 Å². The monoisotopic (exact) mass is 329 g/mol. The number of hydrogen-bond acceptors (Lipinski definition) is 5. The van der Waals surface area contributed by atoms with E-state index in [4.69, 9.17) is 4.52 Å². The van der Waals surface area contributed by atoms with E-state index in [9.17, 15) is 4.79 Å². The molecule has 0 spiro atoms. The van der Waals surface area contributed by atoms with E-state index in [0.717, 1.165) is 24.1 Å². The third-order valence-electron chi connectivity index (χ3n) is 3.88. The van der Waals surface area contributed by atoms with Gasteiger partial charge < -0.3 is 20.5 Å². The van der Waals surface area contributed by atoms with Crippen molar-refractivity contribution in [3.8, 4) is 0 Å². The van der Waals surface area contributed by atoms with E-state index in [0.29, 0.717) is 17.9 Å². The molecule has 1 aromatic heterocycles. The maximum Gasteiger partial charge on any atom is 0.321 e. The van der Waals surface area contributed by atoms with Gasteiger partial charge in [0.2, 0.25) is 0 Å². The zero-order valence-electron chi connectivity index (χ0n) is 14.2. The molecular formula is C17H23N5O2. The molecule has 1 heterocycles. The van der Waals surface area contributed by atoms with Crippen LogP contribution in [0.15, 0.2) is 28.8 Å². The normalized spacial score (nSPS) is 15.2. The van der Waals surface area contributed by atoms with Crippen molar-refractivity contribution >= 4 is 17.7 Å². The average molecular weight is 329 g/mol. The van der Waals surface area contributed by atoms with Crippen LogP contribution >= 0.6 is 0 Å². The number of rotatable bonds is 6. The van der Waals surface area contributed by atoms with Crippen LogP contribution in [-0.4, -0.2) is 22.2 Å². The van der Waals surface area contributed by atoms with Crippen molar-refractivity contribution in [2.45, 2.75) is 51.6 Å². The summed E-state index contributed by atoms with van der Waals surface area (Å²) in [4.78, 5) is 16.0. The summed E-state index contributed by atoms with van der Waals surface area (Å²) in [6.07, 6.45) is 2.15. The lowest BCUT2D eigenvalue weighted by molar-refractivity contribution is 0.251. The molecule has 1 aliphatic carbocycles. The minimum absolute atomic E-state index is 0.0137. The molecule has 0 radical (unpaired) electrons. The summed E-state index contributed by atoms with van der Waals surface area (Å²) in [7, 11) is 0. The van der Waals surface area contributed by atoms with Gasteiger partial charge in [-0.2, -0.15) is 4.98 Å². The Morgan fingerprint density at radius 1 is 1.21 bits per heavy atom. The third-order valence-corrected chi connectivity index (χ3v) is 3.88. The summed E-state index contributed by atoms with van der Waals surface area (Å²) < 4.78 is 5.20. The fraction of sp³-hybridized carbons (Fsp3) is 0.471. The summed E-state index contributed by atoms with van der Waals surface area (Å²) in [6.45, 7) is 6.05. The van der Waals surface area contributed by atoms with Crippen LogP contribution in [0.25, 0.3) is 0 Å². The number of benzene rings is 1. The predicted octanol–water partition coefficient (Wildman–Crippen LogP) is 3.65. The van der Waals surface area contributed by atoms with E-state index in [1.165, 1.54) is 0 Å². The lowest BCUT2D eigenvalue weighted by atomic mass is 10.1. The number of nitrogens with zero attached hydrogens (tertiary/aromatic N) is 2. The largest absolute Gasteiger partial charge is 0.335 e. The summed E-state index contributed by atoms with van der Waals surface area (Å²) in [5.41, 5.74) is 1.83. The van der Waals surface area contributed by atoms with Crippen molar-refractivity contribution in [1.29, 1.82) is 0 Å². The van der Waals surface area contributed by atoms with Crippen LogP contribution < -0.4 is 16.0 Å². The SMILES string of the molecule is CC(C)c1noc(NC(C)c2ccc(NC(=O)NC3CC3)cc2)n1. The summed E-state index contributed by atoms with van der Waals surface area (Å²) in [6, 6.07) is 8.31. The Hall–Kier alpha value is -2.57. The van der Waals surface area contributed by atoms with Gasteiger partial charge in [-0.3, -0.25) is 0 Å². The predicted molar refractivity (Wildman–Crippen MR) is 92.0 cm³/mol. The van der Waals surface area contributed by atoms with Gasteiger partial charge in [0.1, 0.15) is 0 Å². The molecule has 1 fully saturated rings. The molecule has 1 aromatic carbocycles. The minimum Gasteiger partial charge on any atom is -0.335 e. The molecule has 1 saturated carbocycles. The van der Waals surface area contributed by atoms with Crippen LogP contribution in [-0.2, 0) is 0 Å². The highest BCUT2D eigenvalue weighted by atomic mass is 16.5. The van der Waals surface area contributed by atoms with Crippen molar-refractivity contribution < 1.29 is 9.32 Å². The van der Waals surface area contributed by atoms with Crippen LogP contribution in [0.2, 0.25) is 0 Å². The van der Waals surface area contributed by atoms with Crippen LogP contribution in [0.3, 0.4) is 0 Å². The molecule has 1 aliphatic rings. The Morgan fingerprint density at radius 3 is 2.50 bits per heavy atom. The topological polar surface area (TPSA) is 92.1 Å². The van der Waals surface area contributed by atoms with Crippen LogP contribution in [0.5, 0.6) is 0 Å². The second-order valence-corrected chi connectivity index (χ2v) is 6.47. The molecule has 0 bridgehead atoms. The van der Waals surface area contributed by atoms with E-state index in [1.54, 1.807) is 0 Å². The highest BCUT2D eigenvalue weighted by Crippen LogP contribution is 2.22. The number of carbonyl (C=O) groups is 1.